The molecule has 2 aromatic rings. The van der Waals surface area contributed by atoms with E-state index in [1.165, 1.54) is 6.20 Å². The molecule has 0 unspecified atom stereocenters. The summed E-state index contributed by atoms with van der Waals surface area (Å²) in [5, 5.41) is 9.41. The Morgan fingerprint density at radius 3 is 2.21 bits per heavy atom. The predicted molar refractivity (Wildman–Crippen MR) is 68.7 cm³/mol. The van der Waals surface area contributed by atoms with Crippen molar-refractivity contribution in [1.29, 1.82) is 0 Å². The highest BCUT2D eigenvalue weighted by molar-refractivity contribution is 8.76. The number of rotatable bonds is 3. The first-order chi connectivity index (χ1) is 8.97. The monoisotopic (exact) mass is 302 g/mol. The van der Waals surface area contributed by atoms with Gasteiger partial charge in [-0.15, -0.1) is 0 Å². The van der Waals surface area contributed by atoms with Gasteiger partial charge in [-0.05, 0) is 21.6 Å². The fraction of sp³-hybridized carbons (Fsp3) is 0. The number of nitrogens with one attached hydrogen (secondary N) is 4. The van der Waals surface area contributed by atoms with Crippen molar-refractivity contribution in [2.75, 3.05) is 0 Å². The van der Waals surface area contributed by atoms with Gasteiger partial charge in [0.25, 0.3) is 11.1 Å². The normalized spacial score (nSPS) is 10.5. The summed E-state index contributed by atoms with van der Waals surface area (Å²) in [7, 11) is 1.61. The highest BCUT2D eigenvalue weighted by Gasteiger charge is 2.11. The van der Waals surface area contributed by atoms with E-state index in [9.17, 15) is 24.3 Å². The topological polar surface area (TPSA) is 152 Å². The average Bonchev–Trinajstić information content (AvgIpc) is 2.30. The van der Waals surface area contributed by atoms with Crippen LogP contribution < -0.4 is 22.5 Å². The molecule has 9 nitrogen and oxygen atoms in total. The van der Waals surface area contributed by atoms with Gasteiger partial charge in [-0.3, -0.25) is 24.5 Å². The molecule has 0 bridgehead atoms. The summed E-state index contributed by atoms with van der Waals surface area (Å²) in [6.45, 7) is 0. The number of aromatic hydroxyl groups is 1. The van der Waals surface area contributed by atoms with Crippen molar-refractivity contribution in [3.8, 4) is 5.88 Å². The van der Waals surface area contributed by atoms with Crippen LogP contribution in [0.25, 0.3) is 0 Å². The van der Waals surface area contributed by atoms with E-state index in [-0.39, 0.29) is 9.79 Å². The van der Waals surface area contributed by atoms with E-state index in [1.54, 1.807) is 0 Å². The van der Waals surface area contributed by atoms with Crippen LogP contribution in [-0.4, -0.2) is 25.0 Å². The molecule has 2 heterocycles. The zero-order chi connectivity index (χ0) is 14.0. The van der Waals surface area contributed by atoms with Crippen LogP contribution in [0.4, 0.5) is 0 Å². The second kappa shape index (κ2) is 5.24. The Morgan fingerprint density at radius 2 is 1.58 bits per heavy atom. The van der Waals surface area contributed by atoms with Gasteiger partial charge >= 0.3 is 11.4 Å². The fourth-order valence-electron chi connectivity index (χ4n) is 1.09. The highest BCUT2D eigenvalue weighted by atomic mass is 33.1. The molecule has 2 rings (SSSR count). The Bertz CT molecular complexity index is 832. The Balaban J connectivity index is 2.29. The zero-order valence-electron chi connectivity index (χ0n) is 8.97. The molecule has 0 aromatic carbocycles. The summed E-state index contributed by atoms with van der Waals surface area (Å²) >= 11 is 0. The maximum absolute atomic E-state index is 11.4. The molecule has 19 heavy (non-hydrogen) atoms. The SMILES string of the molecule is O=c1[nH]cc(SSc2c(O)[nH]c(=O)[nH]c2=O)c(=O)[nH]1. The third-order valence-corrected chi connectivity index (χ3v) is 4.28. The molecular formula is C8H6N4O5S2. The third-order valence-electron chi connectivity index (χ3n) is 1.88. The van der Waals surface area contributed by atoms with Crippen LogP contribution in [0.15, 0.2) is 35.2 Å². The Hall–Kier alpha value is -2.14. The smallest absolute Gasteiger partial charge is 0.328 e. The minimum atomic E-state index is -0.835. The van der Waals surface area contributed by atoms with Crippen molar-refractivity contribution in [2.24, 2.45) is 0 Å². The lowest BCUT2D eigenvalue weighted by atomic mass is 10.6. The van der Waals surface area contributed by atoms with Crippen LogP contribution in [0.2, 0.25) is 0 Å². The van der Waals surface area contributed by atoms with Crippen molar-refractivity contribution >= 4 is 21.6 Å². The van der Waals surface area contributed by atoms with Crippen LogP contribution >= 0.6 is 21.6 Å². The van der Waals surface area contributed by atoms with Crippen molar-refractivity contribution in [1.82, 2.24) is 19.9 Å². The van der Waals surface area contributed by atoms with Crippen LogP contribution in [-0.2, 0) is 0 Å². The predicted octanol–water partition coefficient (Wildman–Crippen LogP) is -1.06. The fourth-order valence-corrected chi connectivity index (χ4v) is 3.10. The van der Waals surface area contributed by atoms with Gasteiger partial charge in [0.1, 0.15) is 9.79 Å². The molecule has 0 radical (unpaired) electrons. The second-order valence-corrected chi connectivity index (χ2v) is 5.37. The quantitative estimate of drug-likeness (QED) is 0.453. The zero-order valence-corrected chi connectivity index (χ0v) is 10.6. The lowest BCUT2D eigenvalue weighted by Crippen LogP contribution is -2.23. The van der Waals surface area contributed by atoms with Gasteiger partial charge in [-0.25, -0.2) is 9.59 Å². The molecule has 0 aliphatic carbocycles. The number of hydrogen-bond acceptors (Lipinski definition) is 7. The molecule has 0 atom stereocenters. The van der Waals surface area contributed by atoms with Gasteiger partial charge in [0.15, 0.2) is 0 Å². The number of H-pyrrole nitrogens is 4. The average molecular weight is 302 g/mol. The van der Waals surface area contributed by atoms with E-state index in [2.05, 4.69) is 4.98 Å². The molecule has 11 heteroatoms. The first-order valence-electron chi connectivity index (χ1n) is 4.69. The van der Waals surface area contributed by atoms with Gasteiger partial charge in [-0.1, -0.05) is 0 Å². The van der Waals surface area contributed by atoms with Gasteiger partial charge in [0, 0.05) is 6.20 Å². The Kier molecular flexibility index (Phi) is 3.66. The van der Waals surface area contributed by atoms with Gasteiger partial charge in [-0.2, -0.15) is 0 Å². The number of aromatic amines is 4. The van der Waals surface area contributed by atoms with Crippen molar-refractivity contribution in [3.05, 3.63) is 47.9 Å². The van der Waals surface area contributed by atoms with Crippen LogP contribution in [0.1, 0.15) is 0 Å². The molecule has 2 aromatic heterocycles. The van der Waals surface area contributed by atoms with E-state index < -0.39 is 28.4 Å². The Labute approximate surface area is 110 Å². The number of aromatic nitrogens is 4. The van der Waals surface area contributed by atoms with Crippen LogP contribution in [0.5, 0.6) is 5.88 Å². The molecule has 0 spiro atoms. The maximum atomic E-state index is 11.4. The van der Waals surface area contributed by atoms with Gasteiger partial charge < -0.3 is 10.1 Å². The lowest BCUT2D eigenvalue weighted by molar-refractivity contribution is 0.433. The van der Waals surface area contributed by atoms with E-state index in [0.717, 1.165) is 21.6 Å². The molecule has 100 valence electrons. The van der Waals surface area contributed by atoms with Crippen LogP contribution in [0.3, 0.4) is 0 Å². The molecule has 5 N–H and O–H groups in total. The summed E-state index contributed by atoms with van der Waals surface area (Å²) in [5.74, 6) is -0.591. The lowest BCUT2D eigenvalue weighted by Gasteiger charge is -2.00. The van der Waals surface area contributed by atoms with E-state index in [4.69, 9.17) is 0 Å². The van der Waals surface area contributed by atoms with E-state index >= 15 is 0 Å². The molecule has 0 saturated carbocycles. The highest BCUT2D eigenvalue weighted by Crippen LogP contribution is 2.36. The summed E-state index contributed by atoms with van der Waals surface area (Å²) in [6, 6.07) is 0. The molecule has 0 saturated heterocycles. The summed E-state index contributed by atoms with van der Waals surface area (Å²) < 4.78 is 0. The minimum absolute atomic E-state index is 0.134. The standard InChI is InChI=1S/C8H6N4O5S2/c13-4-2(1-9-7(16)10-4)18-19-3-5(14)11-8(17)12-6(3)15/h1H,(H2,9,10,13,16)(H3,11,12,14,15,17). The molecule has 0 aliphatic rings. The Morgan fingerprint density at radius 1 is 0.895 bits per heavy atom. The second-order valence-electron chi connectivity index (χ2n) is 3.19. The maximum Gasteiger partial charge on any atom is 0.328 e. The molecule has 0 aliphatic heterocycles. The van der Waals surface area contributed by atoms with Crippen molar-refractivity contribution < 1.29 is 5.11 Å². The van der Waals surface area contributed by atoms with Crippen molar-refractivity contribution in [2.45, 2.75) is 9.79 Å². The summed E-state index contributed by atoms with van der Waals surface area (Å²) in [5.41, 5.74) is -2.89. The molecular weight excluding hydrogens is 296 g/mol. The summed E-state index contributed by atoms with van der Waals surface area (Å²) in [4.78, 5) is 52.6. The van der Waals surface area contributed by atoms with Gasteiger partial charge in [0.05, 0.1) is 0 Å². The minimum Gasteiger partial charge on any atom is -0.494 e. The third kappa shape index (κ3) is 3.00. The summed E-state index contributed by atoms with van der Waals surface area (Å²) in [6.07, 6.45) is 1.18. The van der Waals surface area contributed by atoms with Crippen molar-refractivity contribution in [3.63, 3.8) is 0 Å². The van der Waals surface area contributed by atoms with E-state index in [0.29, 0.717) is 0 Å². The van der Waals surface area contributed by atoms with E-state index in [1.807, 2.05) is 15.0 Å². The first-order valence-corrected chi connectivity index (χ1v) is 6.84. The van der Waals surface area contributed by atoms with Gasteiger partial charge in [0.2, 0.25) is 5.88 Å². The molecule has 0 fully saturated rings. The molecule has 0 amide bonds. The van der Waals surface area contributed by atoms with Crippen LogP contribution in [0, 0.1) is 0 Å². The largest absolute Gasteiger partial charge is 0.494 e. The first kappa shape index (κ1) is 13.3. The number of hydrogen-bond donors (Lipinski definition) is 5.